The third-order valence-electron chi connectivity index (χ3n) is 3.20. The number of hydrogen-bond donors (Lipinski definition) is 3. The SMILES string of the molecule is CCN(CCO)c1ccc(NC(=O)CC(C)CN)cc1. The monoisotopic (exact) mass is 279 g/mol. The number of nitrogens with one attached hydrogen (secondary N) is 1. The Kier molecular flexibility index (Phi) is 7.04. The fraction of sp³-hybridized carbons (Fsp3) is 0.533. The Labute approximate surface area is 120 Å². The van der Waals surface area contributed by atoms with Crippen LogP contribution in [0.4, 0.5) is 11.4 Å². The lowest BCUT2D eigenvalue weighted by atomic mass is 10.1. The van der Waals surface area contributed by atoms with Crippen molar-refractivity contribution in [2.24, 2.45) is 11.7 Å². The van der Waals surface area contributed by atoms with Crippen molar-refractivity contribution in [1.29, 1.82) is 0 Å². The number of aliphatic hydroxyl groups is 1. The lowest BCUT2D eigenvalue weighted by Gasteiger charge is -2.22. The van der Waals surface area contributed by atoms with Gasteiger partial charge in [-0.2, -0.15) is 0 Å². The number of benzene rings is 1. The number of rotatable bonds is 8. The number of aliphatic hydroxyl groups excluding tert-OH is 1. The van der Waals surface area contributed by atoms with Gasteiger partial charge in [0.15, 0.2) is 0 Å². The Morgan fingerprint density at radius 3 is 2.55 bits per heavy atom. The van der Waals surface area contributed by atoms with Crippen LogP contribution in [0.15, 0.2) is 24.3 Å². The molecular weight excluding hydrogens is 254 g/mol. The minimum Gasteiger partial charge on any atom is -0.395 e. The van der Waals surface area contributed by atoms with E-state index in [4.69, 9.17) is 10.8 Å². The molecule has 0 saturated heterocycles. The number of hydrogen-bond acceptors (Lipinski definition) is 4. The van der Waals surface area contributed by atoms with Crippen molar-refractivity contribution >= 4 is 17.3 Å². The average Bonchev–Trinajstić information content (AvgIpc) is 2.45. The van der Waals surface area contributed by atoms with Gasteiger partial charge in [-0.05, 0) is 43.7 Å². The van der Waals surface area contributed by atoms with E-state index in [0.29, 0.717) is 19.5 Å². The van der Waals surface area contributed by atoms with Crippen molar-refractivity contribution in [2.75, 3.05) is 36.5 Å². The maximum absolute atomic E-state index is 11.7. The lowest BCUT2D eigenvalue weighted by molar-refractivity contribution is -0.116. The van der Waals surface area contributed by atoms with Crippen LogP contribution >= 0.6 is 0 Å². The van der Waals surface area contributed by atoms with E-state index in [1.165, 1.54) is 0 Å². The molecule has 5 heteroatoms. The molecule has 1 rings (SSSR count). The molecule has 0 aliphatic rings. The molecule has 0 aliphatic carbocycles. The zero-order valence-corrected chi connectivity index (χ0v) is 12.3. The number of anilines is 2. The van der Waals surface area contributed by atoms with Crippen molar-refractivity contribution in [3.05, 3.63) is 24.3 Å². The third kappa shape index (κ3) is 5.19. The molecule has 20 heavy (non-hydrogen) atoms. The predicted molar refractivity (Wildman–Crippen MR) is 82.9 cm³/mol. The highest BCUT2D eigenvalue weighted by molar-refractivity contribution is 5.91. The Bertz CT molecular complexity index is 406. The van der Waals surface area contributed by atoms with Crippen LogP contribution in [-0.4, -0.2) is 37.3 Å². The van der Waals surface area contributed by atoms with Gasteiger partial charge in [0.1, 0.15) is 0 Å². The molecule has 112 valence electrons. The first kappa shape index (κ1) is 16.5. The van der Waals surface area contributed by atoms with E-state index in [1.54, 1.807) is 0 Å². The summed E-state index contributed by atoms with van der Waals surface area (Å²) in [5, 5.41) is 11.9. The molecule has 0 saturated carbocycles. The smallest absolute Gasteiger partial charge is 0.224 e. The van der Waals surface area contributed by atoms with E-state index < -0.39 is 0 Å². The summed E-state index contributed by atoms with van der Waals surface area (Å²) in [5.74, 6) is 0.174. The fourth-order valence-electron chi connectivity index (χ4n) is 1.96. The third-order valence-corrected chi connectivity index (χ3v) is 3.20. The summed E-state index contributed by atoms with van der Waals surface area (Å²) in [6, 6.07) is 7.64. The summed E-state index contributed by atoms with van der Waals surface area (Å²) >= 11 is 0. The van der Waals surface area contributed by atoms with Gasteiger partial charge in [-0.1, -0.05) is 6.92 Å². The van der Waals surface area contributed by atoms with Crippen LogP contribution in [0.5, 0.6) is 0 Å². The molecule has 1 atom stereocenters. The number of nitrogens with two attached hydrogens (primary N) is 1. The van der Waals surface area contributed by atoms with Crippen LogP contribution in [0.1, 0.15) is 20.3 Å². The van der Waals surface area contributed by atoms with Crippen LogP contribution in [0.25, 0.3) is 0 Å². The van der Waals surface area contributed by atoms with Crippen molar-refractivity contribution in [1.82, 2.24) is 0 Å². The van der Waals surface area contributed by atoms with E-state index in [1.807, 2.05) is 38.1 Å². The van der Waals surface area contributed by atoms with Crippen LogP contribution < -0.4 is 16.0 Å². The molecule has 1 aromatic carbocycles. The fourth-order valence-corrected chi connectivity index (χ4v) is 1.96. The zero-order chi connectivity index (χ0) is 15.0. The highest BCUT2D eigenvalue weighted by Gasteiger charge is 2.08. The molecule has 0 radical (unpaired) electrons. The summed E-state index contributed by atoms with van der Waals surface area (Å²) in [5.41, 5.74) is 7.32. The second kappa shape index (κ2) is 8.55. The minimum atomic E-state index is -0.0154. The molecular formula is C15H25N3O2. The van der Waals surface area contributed by atoms with Gasteiger partial charge in [0.05, 0.1) is 6.61 Å². The van der Waals surface area contributed by atoms with Gasteiger partial charge < -0.3 is 21.1 Å². The molecule has 0 aromatic heterocycles. The van der Waals surface area contributed by atoms with E-state index >= 15 is 0 Å². The van der Waals surface area contributed by atoms with Crippen LogP contribution in [0.3, 0.4) is 0 Å². The van der Waals surface area contributed by atoms with Gasteiger partial charge in [-0.25, -0.2) is 0 Å². The Morgan fingerprint density at radius 1 is 1.40 bits per heavy atom. The molecule has 1 amide bonds. The Morgan fingerprint density at radius 2 is 2.05 bits per heavy atom. The zero-order valence-electron chi connectivity index (χ0n) is 12.3. The maximum Gasteiger partial charge on any atom is 0.224 e. The Hall–Kier alpha value is -1.59. The molecule has 0 heterocycles. The molecule has 4 N–H and O–H groups in total. The molecule has 0 bridgehead atoms. The van der Waals surface area contributed by atoms with Crippen LogP contribution in [0.2, 0.25) is 0 Å². The first-order chi connectivity index (χ1) is 9.60. The summed E-state index contributed by atoms with van der Waals surface area (Å²) in [6.07, 6.45) is 0.434. The number of carbonyl (C=O) groups excluding carboxylic acids is 1. The molecule has 5 nitrogen and oxygen atoms in total. The molecule has 0 aliphatic heterocycles. The highest BCUT2D eigenvalue weighted by atomic mass is 16.3. The first-order valence-electron chi connectivity index (χ1n) is 7.06. The van der Waals surface area contributed by atoms with E-state index in [-0.39, 0.29) is 18.4 Å². The standard InChI is InChI=1S/C15H25N3O2/c1-3-18(8-9-19)14-6-4-13(5-7-14)17-15(20)10-12(2)11-16/h4-7,12,19H,3,8-11,16H2,1-2H3,(H,17,20). The van der Waals surface area contributed by atoms with Crippen LogP contribution in [-0.2, 0) is 4.79 Å². The summed E-state index contributed by atoms with van der Waals surface area (Å²) in [4.78, 5) is 13.8. The number of carbonyl (C=O) groups is 1. The topological polar surface area (TPSA) is 78.6 Å². The van der Waals surface area contributed by atoms with Crippen molar-refractivity contribution < 1.29 is 9.90 Å². The first-order valence-corrected chi connectivity index (χ1v) is 7.06. The Balaban J connectivity index is 2.60. The van der Waals surface area contributed by atoms with Gasteiger partial charge in [0.2, 0.25) is 5.91 Å². The van der Waals surface area contributed by atoms with Crippen molar-refractivity contribution in [2.45, 2.75) is 20.3 Å². The number of nitrogens with zero attached hydrogens (tertiary/aromatic N) is 1. The van der Waals surface area contributed by atoms with Gasteiger partial charge in [0, 0.05) is 30.9 Å². The van der Waals surface area contributed by atoms with Crippen molar-refractivity contribution in [3.8, 4) is 0 Å². The molecule has 1 unspecified atom stereocenters. The second-order valence-electron chi connectivity index (χ2n) is 4.94. The largest absolute Gasteiger partial charge is 0.395 e. The van der Waals surface area contributed by atoms with E-state index in [0.717, 1.165) is 17.9 Å². The summed E-state index contributed by atoms with van der Waals surface area (Å²) < 4.78 is 0. The van der Waals surface area contributed by atoms with Gasteiger partial charge >= 0.3 is 0 Å². The second-order valence-corrected chi connectivity index (χ2v) is 4.94. The van der Waals surface area contributed by atoms with E-state index in [9.17, 15) is 4.79 Å². The maximum atomic E-state index is 11.7. The van der Waals surface area contributed by atoms with Gasteiger partial charge in [-0.3, -0.25) is 4.79 Å². The molecule has 1 aromatic rings. The normalized spacial score (nSPS) is 12.0. The van der Waals surface area contributed by atoms with E-state index in [2.05, 4.69) is 10.2 Å². The summed E-state index contributed by atoms with van der Waals surface area (Å²) in [7, 11) is 0. The van der Waals surface area contributed by atoms with Gasteiger partial charge in [-0.15, -0.1) is 0 Å². The number of amides is 1. The van der Waals surface area contributed by atoms with Gasteiger partial charge in [0.25, 0.3) is 0 Å². The average molecular weight is 279 g/mol. The molecule has 0 fully saturated rings. The number of likely N-dealkylation sites (N-methyl/N-ethyl adjacent to an activating group) is 1. The van der Waals surface area contributed by atoms with Crippen LogP contribution in [0, 0.1) is 5.92 Å². The predicted octanol–water partition coefficient (Wildman–Crippen LogP) is 1.43. The quantitative estimate of drug-likeness (QED) is 0.672. The molecule has 0 spiro atoms. The summed E-state index contributed by atoms with van der Waals surface area (Å²) in [6.45, 7) is 6.08. The van der Waals surface area contributed by atoms with Crippen molar-refractivity contribution in [3.63, 3.8) is 0 Å². The lowest BCUT2D eigenvalue weighted by Crippen LogP contribution is -2.26. The minimum absolute atomic E-state index is 0.0154. The highest BCUT2D eigenvalue weighted by Crippen LogP contribution is 2.18.